The molecule has 0 fully saturated rings. The summed E-state index contributed by atoms with van der Waals surface area (Å²) in [5, 5.41) is 3.56. The van der Waals surface area contributed by atoms with Gasteiger partial charge in [0.1, 0.15) is 0 Å². The molecule has 0 amide bonds. The molecular weight excluding hydrogens is 489 g/mol. The first-order chi connectivity index (χ1) is 8.63. The van der Waals surface area contributed by atoms with E-state index in [-0.39, 0.29) is 6.04 Å². The van der Waals surface area contributed by atoms with Crippen molar-refractivity contribution in [1.29, 1.82) is 0 Å². The molecule has 96 valence electrons. The van der Waals surface area contributed by atoms with Crippen molar-refractivity contribution in [3.05, 3.63) is 52.6 Å². The Kier molecular flexibility index (Phi) is 5.68. The van der Waals surface area contributed by atoms with Gasteiger partial charge in [-0.2, -0.15) is 0 Å². The zero-order valence-corrected chi connectivity index (χ0v) is 15.9. The summed E-state index contributed by atoms with van der Waals surface area (Å²) >= 11 is 11.3. The molecule has 0 saturated carbocycles. The first kappa shape index (κ1) is 15.0. The van der Waals surface area contributed by atoms with Crippen molar-refractivity contribution in [1.82, 2.24) is 5.32 Å². The monoisotopic (exact) mass is 499 g/mol. The van der Waals surface area contributed by atoms with Crippen molar-refractivity contribution in [3.8, 4) is 0 Å². The van der Waals surface area contributed by atoms with Gasteiger partial charge in [-0.25, -0.2) is 0 Å². The third-order valence-electron chi connectivity index (χ3n) is 2.62. The first-order valence-electron chi connectivity index (χ1n) is 5.56. The van der Waals surface area contributed by atoms with Crippen LogP contribution < -0.4 is 5.32 Å². The van der Waals surface area contributed by atoms with Crippen LogP contribution in [0.2, 0.25) is 0 Å². The minimum absolute atomic E-state index is 0.236. The van der Waals surface area contributed by atoms with Crippen LogP contribution in [0.1, 0.15) is 24.1 Å². The quantitative estimate of drug-likeness (QED) is 0.541. The van der Waals surface area contributed by atoms with Gasteiger partial charge in [0.2, 0.25) is 0 Å². The fraction of sp³-hybridized carbons (Fsp3) is 0.231. The zero-order chi connectivity index (χ0) is 13.1. The van der Waals surface area contributed by atoms with Gasteiger partial charge < -0.3 is 5.32 Å². The average molecular weight is 501 g/mol. The Hall–Kier alpha value is 0.570. The molecule has 0 radical (unpaired) electrons. The molecule has 1 heterocycles. The van der Waals surface area contributed by atoms with Crippen molar-refractivity contribution in [2.75, 3.05) is 6.54 Å². The van der Waals surface area contributed by atoms with E-state index < -0.39 is 0 Å². The predicted octanol–water partition coefficient (Wildman–Crippen LogP) is 5.58. The maximum absolute atomic E-state index is 3.66. The highest BCUT2D eigenvalue weighted by atomic mass is 127. The van der Waals surface area contributed by atoms with Crippen molar-refractivity contribution in [3.63, 3.8) is 0 Å². The van der Waals surface area contributed by atoms with E-state index in [1.54, 1.807) is 11.3 Å². The van der Waals surface area contributed by atoms with Crippen LogP contribution in [0.5, 0.6) is 0 Å². The highest BCUT2D eigenvalue weighted by Crippen LogP contribution is 2.38. The highest BCUT2D eigenvalue weighted by molar-refractivity contribution is 14.1. The molecule has 2 aromatic rings. The van der Waals surface area contributed by atoms with E-state index in [0.717, 1.165) is 10.3 Å². The van der Waals surface area contributed by atoms with Crippen LogP contribution in [0.3, 0.4) is 0 Å². The number of benzene rings is 1. The zero-order valence-electron chi connectivity index (χ0n) is 9.71. The van der Waals surface area contributed by atoms with E-state index in [2.05, 4.69) is 97.0 Å². The number of thiophene rings is 1. The Morgan fingerprint density at radius 2 is 2.00 bits per heavy atom. The van der Waals surface area contributed by atoms with Gasteiger partial charge in [-0.05, 0) is 84.3 Å². The predicted molar refractivity (Wildman–Crippen MR) is 94.4 cm³/mol. The number of nitrogens with one attached hydrogen (secondary N) is 1. The fourth-order valence-corrected chi connectivity index (χ4v) is 5.45. The number of hydrogen-bond acceptors (Lipinski definition) is 2. The van der Waals surface area contributed by atoms with Gasteiger partial charge in [0.05, 0.1) is 13.6 Å². The molecule has 1 N–H and O–H groups in total. The molecule has 2 rings (SSSR count). The lowest BCUT2D eigenvalue weighted by atomic mass is 10.0. The standard InChI is InChI=1S/C13H12Br2INS/c1-2-17-12(8-5-3-4-6-10(8)16)9-7-11(14)18-13(9)15/h3-7,12,17H,2H2,1H3. The van der Waals surface area contributed by atoms with E-state index >= 15 is 0 Å². The Morgan fingerprint density at radius 1 is 1.28 bits per heavy atom. The molecule has 1 atom stereocenters. The summed E-state index contributed by atoms with van der Waals surface area (Å²) in [6.45, 7) is 3.08. The minimum atomic E-state index is 0.236. The molecule has 0 spiro atoms. The van der Waals surface area contributed by atoms with Gasteiger partial charge in [-0.3, -0.25) is 0 Å². The van der Waals surface area contributed by atoms with E-state index in [9.17, 15) is 0 Å². The van der Waals surface area contributed by atoms with Gasteiger partial charge in [0.25, 0.3) is 0 Å². The third-order valence-corrected chi connectivity index (χ3v) is 5.99. The minimum Gasteiger partial charge on any atom is -0.306 e. The van der Waals surface area contributed by atoms with Crippen LogP contribution in [0.25, 0.3) is 0 Å². The van der Waals surface area contributed by atoms with E-state index in [4.69, 9.17) is 0 Å². The lowest BCUT2D eigenvalue weighted by molar-refractivity contribution is 0.628. The Bertz CT molecular complexity index is 542. The number of hydrogen-bond donors (Lipinski definition) is 1. The lowest BCUT2D eigenvalue weighted by Crippen LogP contribution is -2.22. The Morgan fingerprint density at radius 3 is 2.56 bits per heavy atom. The van der Waals surface area contributed by atoms with E-state index in [1.165, 1.54) is 18.5 Å². The maximum atomic E-state index is 3.66. The van der Waals surface area contributed by atoms with Gasteiger partial charge in [0.15, 0.2) is 0 Å². The number of rotatable bonds is 4. The second-order valence-corrected chi connectivity index (χ2v) is 8.70. The van der Waals surface area contributed by atoms with Crippen LogP contribution in [0.4, 0.5) is 0 Å². The number of halogens is 3. The molecule has 0 aliphatic carbocycles. The summed E-state index contributed by atoms with van der Waals surface area (Å²) in [7, 11) is 0. The average Bonchev–Trinajstić information content (AvgIpc) is 2.66. The maximum Gasteiger partial charge on any atom is 0.0761 e. The summed E-state index contributed by atoms with van der Waals surface area (Å²) < 4.78 is 3.62. The van der Waals surface area contributed by atoms with Gasteiger partial charge in [0, 0.05) is 3.57 Å². The molecule has 0 aliphatic heterocycles. The molecular formula is C13H12Br2INS. The van der Waals surface area contributed by atoms with E-state index in [1.807, 2.05) is 0 Å². The molecule has 1 aromatic heterocycles. The SMILES string of the molecule is CCNC(c1ccccc1I)c1cc(Br)sc1Br. The molecule has 1 unspecified atom stereocenters. The van der Waals surface area contributed by atoms with Gasteiger partial charge in [-0.1, -0.05) is 25.1 Å². The normalized spacial score (nSPS) is 12.7. The van der Waals surface area contributed by atoms with Crippen molar-refractivity contribution in [2.45, 2.75) is 13.0 Å². The summed E-state index contributed by atoms with van der Waals surface area (Å²) in [6, 6.07) is 10.9. The Balaban J connectivity index is 2.46. The molecule has 0 bridgehead atoms. The third kappa shape index (κ3) is 3.36. The van der Waals surface area contributed by atoms with Crippen molar-refractivity contribution >= 4 is 65.8 Å². The topological polar surface area (TPSA) is 12.0 Å². The summed E-state index contributed by atoms with van der Waals surface area (Å²) in [5.74, 6) is 0. The Labute approximate surface area is 142 Å². The summed E-state index contributed by atoms with van der Waals surface area (Å²) in [6.07, 6.45) is 0. The first-order valence-corrected chi connectivity index (χ1v) is 9.04. The largest absolute Gasteiger partial charge is 0.306 e. The second kappa shape index (κ2) is 6.83. The van der Waals surface area contributed by atoms with Crippen LogP contribution in [-0.4, -0.2) is 6.54 Å². The van der Waals surface area contributed by atoms with Crippen LogP contribution in [-0.2, 0) is 0 Å². The highest BCUT2D eigenvalue weighted by Gasteiger charge is 2.19. The molecule has 0 saturated heterocycles. The molecule has 0 aliphatic rings. The summed E-state index contributed by atoms with van der Waals surface area (Å²) in [4.78, 5) is 0. The molecule has 1 aromatic carbocycles. The lowest BCUT2D eigenvalue weighted by Gasteiger charge is -2.19. The van der Waals surface area contributed by atoms with Gasteiger partial charge >= 0.3 is 0 Å². The molecule has 18 heavy (non-hydrogen) atoms. The smallest absolute Gasteiger partial charge is 0.0761 e. The van der Waals surface area contributed by atoms with Crippen molar-refractivity contribution < 1.29 is 0 Å². The van der Waals surface area contributed by atoms with Crippen LogP contribution >= 0.6 is 65.8 Å². The fourth-order valence-electron chi connectivity index (χ4n) is 1.85. The second-order valence-electron chi connectivity index (χ2n) is 3.79. The van der Waals surface area contributed by atoms with Crippen LogP contribution in [0.15, 0.2) is 37.9 Å². The van der Waals surface area contributed by atoms with Crippen molar-refractivity contribution in [2.24, 2.45) is 0 Å². The molecule has 1 nitrogen and oxygen atoms in total. The summed E-state index contributed by atoms with van der Waals surface area (Å²) in [5.41, 5.74) is 2.61. The van der Waals surface area contributed by atoms with E-state index in [0.29, 0.717) is 0 Å². The molecule has 5 heteroatoms. The van der Waals surface area contributed by atoms with Crippen LogP contribution in [0, 0.1) is 3.57 Å². The van der Waals surface area contributed by atoms with Gasteiger partial charge in [-0.15, -0.1) is 11.3 Å².